The van der Waals surface area contributed by atoms with Crippen LogP contribution in [-0.4, -0.2) is 16.5 Å². The number of hydrogen-bond acceptors (Lipinski definition) is 2. The second-order valence-corrected chi connectivity index (χ2v) is 4.11. The van der Waals surface area contributed by atoms with Gasteiger partial charge in [-0.3, -0.25) is 0 Å². The second-order valence-electron chi connectivity index (χ2n) is 4.11. The van der Waals surface area contributed by atoms with Crippen LogP contribution in [0.1, 0.15) is 18.7 Å². The summed E-state index contributed by atoms with van der Waals surface area (Å²) in [5.41, 5.74) is 6.30. The van der Waals surface area contributed by atoms with Crippen LogP contribution in [0, 0.1) is 11.6 Å². The number of nitrogens with one attached hydrogen (secondary N) is 1. The highest BCUT2D eigenvalue weighted by atomic mass is 19.1. The Labute approximate surface area is 104 Å². The van der Waals surface area contributed by atoms with Gasteiger partial charge in [-0.2, -0.15) is 0 Å². The van der Waals surface area contributed by atoms with E-state index in [9.17, 15) is 8.78 Å². The van der Waals surface area contributed by atoms with Gasteiger partial charge in [-0.05, 0) is 31.5 Å². The van der Waals surface area contributed by atoms with Gasteiger partial charge in [0.2, 0.25) is 0 Å². The molecule has 3 nitrogen and oxygen atoms in total. The zero-order valence-corrected chi connectivity index (χ0v) is 9.92. The zero-order chi connectivity index (χ0) is 13.0. The van der Waals surface area contributed by atoms with Crippen LogP contribution in [0.3, 0.4) is 0 Å². The van der Waals surface area contributed by atoms with Gasteiger partial charge in [0.05, 0.1) is 11.9 Å². The average molecular weight is 251 g/mol. The molecule has 1 heterocycles. The summed E-state index contributed by atoms with van der Waals surface area (Å²) in [6.45, 7) is 0.653. The molecule has 0 saturated heterocycles. The topological polar surface area (TPSA) is 54.7 Å². The van der Waals surface area contributed by atoms with Crippen LogP contribution >= 0.6 is 0 Å². The molecule has 1 aromatic heterocycles. The van der Waals surface area contributed by atoms with Crippen LogP contribution in [0.25, 0.3) is 11.3 Å². The summed E-state index contributed by atoms with van der Waals surface area (Å²) in [5, 5.41) is 0. The fourth-order valence-electron chi connectivity index (χ4n) is 1.77. The fourth-order valence-corrected chi connectivity index (χ4v) is 1.77. The third kappa shape index (κ3) is 2.92. The van der Waals surface area contributed by atoms with E-state index in [1.54, 1.807) is 6.20 Å². The number of hydrogen-bond donors (Lipinski definition) is 2. The average Bonchev–Trinajstić information content (AvgIpc) is 2.78. The minimum absolute atomic E-state index is 0.328. The van der Waals surface area contributed by atoms with Gasteiger partial charge in [-0.15, -0.1) is 0 Å². The fraction of sp³-hybridized carbons (Fsp3) is 0.308. The summed E-state index contributed by atoms with van der Waals surface area (Å²) < 4.78 is 26.3. The molecule has 0 aliphatic heterocycles. The molecule has 0 amide bonds. The Kier molecular flexibility index (Phi) is 4.04. The molecule has 3 N–H and O–H groups in total. The van der Waals surface area contributed by atoms with Crippen molar-refractivity contribution < 1.29 is 8.78 Å². The van der Waals surface area contributed by atoms with E-state index in [1.165, 1.54) is 12.1 Å². The number of unbranched alkanes of at least 4 members (excludes halogenated alkanes) is 1. The molecule has 0 atom stereocenters. The largest absolute Gasteiger partial charge is 0.342 e. The van der Waals surface area contributed by atoms with Gasteiger partial charge in [-0.25, -0.2) is 13.8 Å². The Balaban J connectivity index is 2.13. The van der Waals surface area contributed by atoms with Crippen molar-refractivity contribution in [1.82, 2.24) is 9.97 Å². The molecule has 5 heteroatoms. The highest BCUT2D eigenvalue weighted by Crippen LogP contribution is 2.21. The first-order chi connectivity index (χ1) is 8.70. The molecule has 18 heavy (non-hydrogen) atoms. The highest BCUT2D eigenvalue weighted by Gasteiger charge is 2.09. The number of rotatable bonds is 5. The standard InChI is InChI=1S/C13H15F2N3/c14-9-4-5-10(11(15)7-9)12-8-17-13(18-12)3-1-2-6-16/h4-5,7-8H,1-3,6,16H2,(H,17,18). The van der Waals surface area contributed by atoms with E-state index in [4.69, 9.17) is 5.73 Å². The first kappa shape index (κ1) is 12.7. The van der Waals surface area contributed by atoms with Crippen LogP contribution in [0.4, 0.5) is 8.78 Å². The van der Waals surface area contributed by atoms with E-state index in [0.29, 0.717) is 17.8 Å². The molecule has 0 aliphatic carbocycles. The van der Waals surface area contributed by atoms with E-state index in [2.05, 4.69) is 9.97 Å². The summed E-state index contributed by atoms with van der Waals surface area (Å²) in [5.74, 6) is -0.381. The van der Waals surface area contributed by atoms with Crippen molar-refractivity contribution in [3.05, 3.63) is 41.9 Å². The van der Waals surface area contributed by atoms with Crippen molar-refractivity contribution in [2.75, 3.05) is 6.54 Å². The smallest absolute Gasteiger partial charge is 0.135 e. The van der Waals surface area contributed by atoms with Crippen LogP contribution in [0.5, 0.6) is 0 Å². The Bertz CT molecular complexity index is 523. The van der Waals surface area contributed by atoms with E-state index < -0.39 is 11.6 Å². The van der Waals surface area contributed by atoms with Gasteiger partial charge in [0, 0.05) is 18.1 Å². The Morgan fingerprint density at radius 1 is 1.22 bits per heavy atom. The molecule has 1 aromatic carbocycles. The van der Waals surface area contributed by atoms with Gasteiger partial charge in [-0.1, -0.05) is 0 Å². The molecule has 0 unspecified atom stereocenters. The number of aryl methyl sites for hydroxylation is 1. The molecule has 96 valence electrons. The van der Waals surface area contributed by atoms with Gasteiger partial charge >= 0.3 is 0 Å². The van der Waals surface area contributed by atoms with Crippen molar-refractivity contribution >= 4 is 0 Å². The zero-order valence-electron chi connectivity index (χ0n) is 9.92. The number of aromatic nitrogens is 2. The van der Waals surface area contributed by atoms with Crippen molar-refractivity contribution in [2.24, 2.45) is 5.73 Å². The van der Waals surface area contributed by atoms with E-state index in [1.807, 2.05) is 0 Å². The van der Waals surface area contributed by atoms with Gasteiger partial charge in [0.1, 0.15) is 17.5 Å². The minimum atomic E-state index is -0.591. The van der Waals surface area contributed by atoms with Crippen LogP contribution in [0.15, 0.2) is 24.4 Å². The number of halogens is 2. The lowest BCUT2D eigenvalue weighted by Gasteiger charge is -2.00. The molecule has 2 aromatic rings. The Hall–Kier alpha value is -1.75. The van der Waals surface area contributed by atoms with Crippen LogP contribution in [0.2, 0.25) is 0 Å². The van der Waals surface area contributed by atoms with Crippen LogP contribution < -0.4 is 5.73 Å². The maximum Gasteiger partial charge on any atom is 0.135 e. The predicted octanol–water partition coefficient (Wildman–Crippen LogP) is 2.64. The summed E-state index contributed by atoms with van der Waals surface area (Å²) in [7, 11) is 0. The SMILES string of the molecule is NCCCCc1ncc(-c2ccc(F)cc2F)[nH]1. The number of benzene rings is 1. The Morgan fingerprint density at radius 2 is 2.06 bits per heavy atom. The van der Waals surface area contributed by atoms with Crippen molar-refractivity contribution in [2.45, 2.75) is 19.3 Å². The van der Waals surface area contributed by atoms with Crippen LogP contribution in [-0.2, 0) is 6.42 Å². The van der Waals surface area contributed by atoms with Gasteiger partial charge < -0.3 is 10.7 Å². The van der Waals surface area contributed by atoms with Gasteiger partial charge in [0.25, 0.3) is 0 Å². The maximum absolute atomic E-state index is 13.5. The molecule has 2 rings (SSSR count). The molecule has 0 bridgehead atoms. The third-order valence-corrected chi connectivity index (χ3v) is 2.72. The van der Waals surface area contributed by atoms with Gasteiger partial charge in [0.15, 0.2) is 0 Å². The summed E-state index contributed by atoms with van der Waals surface area (Å²) >= 11 is 0. The second kappa shape index (κ2) is 5.73. The monoisotopic (exact) mass is 251 g/mol. The quantitative estimate of drug-likeness (QED) is 0.803. The molecule has 0 aliphatic rings. The molecule has 0 fully saturated rings. The normalized spacial score (nSPS) is 10.8. The van der Waals surface area contributed by atoms with Crippen molar-refractivity contribution in [3.8, 4) is 11.3 Å². The molecular weight excluding hydrogens is 236 g/mol. The Morgan fingerprint density at radius 3 is 2.78 bits per heavy atom. The number of imidazole rings is 1. The molecule has 0 saturated carbocycles. The molecule has 0 radical (unpaired) electrons. The van der Waals surface area contributed by atoms with E-state index >= 15 is 0 Å². The lowest BCUT2D eigenvalue weighted by Crippen LogP contribution is -1.99. The number of aromatic amines is 1. The maximum atomic E-state index is 13.5. The number of H-pyrrole nitrogens is 1. The van der Waals surface area contributed by atoms with Crippen molar-refractivity contribution in [3.63, 3.8) is 0 Å². The molecular formula is C13H15F2N3. The summed E-state index contributed by atoms with van der Waals surface area (Å²) in [4.78, 5) is 7.21. The summed E-state index contributed by atoms with van der Waals surface area (Å²) in [6, 6.07) is 3.50. The third-order valence-electron chi connectivity index (χ3n) is 2.72. The summed E-state index contributed by atoms with van der Waals surface area (Å²) in [6.07, 6.45) is 4.21. The van der Waals surface area contributed by atoms with E-state index in [-0.39, 0.29) is 0 Å². The first-order valence-electron chi connectivity index (χ1n) is 5.90. The van der Waals surface area contributed by atoms with E-state index in [0.717, 1.165) is 31.2 Å². The highest BCUT2D eigenvalue weighted by molar-refractivity contribution is 5.59. The molecule has 0 spiro atoms. The van der Waals surface area contributed by atoms with Crippen molar-refractivity contribution in [1.29, 1.82) is 0 Å². The number of nitrogens with zero attached hydrogens (tertiary/aromatic N) is 1. The predicted molar refractivity (Wildman–Crippen MR) is 65.9 cm³/mol. The first-order valence-corrected chi connectivity index (χ1v) is 5.90. The lowest BCUT2D eigenvalue weighted by molar-refractivity contribution is 0.585. The number of nitrogens with two attached hydrogens (primary N) is 1. The minimum Gasteiger partial charge on any atom is -0.342 e. The lowest BCUT2D eigenvalue weighted by atomic mass is 10.1.